The lowest BCUT2D eigenvalue weighted by atomic mass is 9.89. The van der Waals surface area contributed by atoms with Gasteiger partial charge in [-0.15, -0.1) is 6.58 Å². The molecule has 0 bridgehead atoms. The van der Waals surface area contributed by atoms with E-state index in [1.54, 1.807) is 11.1 Å². The lowest BCUT2D eigenvalue weighted by Crippen LogP contribution is -2.53. The minimum atomic E-state index is -1.62. The molecule has 0 N–H and O–H groups in total. The first-order valence-electron chi connectivity index (χ1n) is 9.09. The van der Waals surface area contributed by atoms with E-state index in [4.69, 9.17) is 0 Å². The van der Waals surface area contributed by atoms with Crippen LogP contribution < -0.4 is 4.90 Å². The molecule has 0 radical (unpaired) electrons. The topological polar surface area (TPSA) is 41.4 Å². The maximum atomic E-state index is 14.4. The number of pyridine rings is 1. The van der Waals surface area contributed by atoms with Gasteiger partial charge >= 0.3 is 0 Å². The number of aromatic nitrogens is 2. The van der Waals surface area contributed by atoms with Crippen LogP contribution in [-0.2, 0) is 10.3 Å². The summed E-state index contributed by atoms with van der Waals surface area (Å²) in [7, 11) is 0. The van der Waals surface area contributed by atoms with Gasteiger partial charge in [0.05, 0.1) is 11.4 Å². The van der Waals surface area contributed by atoms with E-state index in [1.165, 1.54) is 0 Å². The second kappa shape index (κ2) is 5.19. The van der Waals surface area contributed by atoms with Crippen molar-refractivity contribution in [2.75, 3.05) is 24.5 Å². The third kappa shape index (κ3) is 1.95. The molecule has 2 aliphatic heterocycles. The number of rotatable bonds is 3. The van der Waals surface area contributed by atoms with Crippen LogP contribution in [0.4, 0.5) is 10.1 Å². The number of halogens is 1. The molecule has 5 nitrogen and oxygen atoms in total. The standard InChI is InChI=1S/C20H21FN4O/c1-2-11-25-15-5-3-10-22-17(15)24-12-4-6-16(24)20(25)9-13-23(14-20)18(26)19(21)7-8-19/h2-6,10,12H,1,7-9,11,13-14H2/t20-/m1/s1. The van der Waals surface area contributed by atoms with Gasteiger partial charge in [0.2, 0.25) is 0 Å². The number of carbonyl (C=O) groups excluding carboxylic acids is 1. The molecule has 26 heavy (non-hydrogen) atoms. The molecule has 0 unspecified atom stereocenters. The first-order chi connectivity index (χ1) is 12.6. The Hall–Kier alpha value is -2.63. The molecule has 1 spiro atoms. The van der Waals surface area contributed by atoms with Gasteiger partial charge in [-0.1, -0.05) is 6.08 Å². The van der Waals surface area contributed by atoms with E-state index in [9.17, 15) is 9.18 Å². The molecule has 1 saturated carbocycles. The molecule has 2 fully saturated rings. The molecule has 5 rings (SSSR count). The average molecular weight is 352 g/mol. The van der Waals surface area contributed by atoms with Crippen molar-refractivity contribution in [3.8, 4) is 5.82 Å². The van der Waals surface area contributed by atoms with E-state index in [1.807, 2.05) is 24.4 Å². The number of alkyl halides is 1. The van der Waals surface area contributed by atoms with Gasteiger partial charge < -0.3 is 14.4 Å². The van der Waals surface area contributed by atoms with Crippen LogP contribution in [0.3, 0.4) is 0 Å². The Morgan fingerprint density at radius 3 is 2.92 bits per heavy atom. The van der Waals surface area contributed by atoms with Crippen molar-refractivity contribution in [3.63, 3.8) is 0 Å². The zero-order valence-electron chi connectivity index (χ0n) is 14.6. The van der Waals surface area contributed by atoms with Crippen LogP contribution in [0.5, 0.6) is 0 Å². The Labute approximate surface area is 151 Å². The first-order valence-corrected chi connectivity index (χ1v) is 9.09. The Balaban J connectivity index is 1.62. The maximum Gasteiger partial charge on any atom is 0.260 e. The highest BCUT2D eigenvalue weighted by Crippen LogP contribution is 2.49. The van der Waals surface area contributed by atoms with Gasteiger partial charge in [0.25, 0.3) is 5.91 Å². The molecule has 1 amide bonds. The van der Waals surface area contributed by atoms with E-state index < -0.39 is 5.67 Å². The van der Waals surface area contributed by atoms with E-state index >= 15 is 0 Å². The van der Waals surface area contributed by atoms with Crippen LogP contribution >= 0.6 is 0 Å². The molecular formula is C20H21FN4O. The van der Waals surface area contributed by atoms with Crippen molar-refractivity contribution in [1.29, 1.82) is 0 Å². The monoisotopic (exact) mass is 352 g/mol. The van der Waals surface area contributed by atoms with Crippen molar-refractivity contribution < 1.29 is 9.18 Å². The molecule has 1 aliphatic carbocycles. The number of nitrogens with zero attached hydrogens (tertiary/aromatic N) is 4. The highest BCUT2D eigenvalue weighted by molar-refractivity contribution is 5.88. The summed E-state index contributed by atoms with van der Waals surface area (Å²) in [6.45, 7) is 5.62. The second-order valence-electron chi connectivity index (χ2n) is 7.48. The quantitative estimate of drug-likeness (QED) is 0.798. The Bertz CT molecular complexity index is 903. The van der Waals surface area contributed by atoms with Crippen molar-refractivity contribution in [3.05, 3.63) is 55.0 Å². The Morgan fingerprint density at radius 2 is 2.15 bits per heavy atom. The van der Waals surface area contributed by atoms with Gasteiger partial charge in [0, 0.05) is 32.0 Å². The zero-order valence-corrected chi connectivity index (χ0v) is 14.6. The van der Waals surface area contributed by atoms with Crippen molar-refractivity contribution >= 4 is 11.6 Å². The van der Waals surface area contributed by atoms with E-state index in [0.717, 1.165) is 23.6 Å². The number of carbonyl (C=O) groups is 1. The van der Waals surface area contributed by atoms with E-state index in [2.05, 4.69) is 33.2 Å². The molecular weight excluding hydrogens is 331 g/mol. The lowest BCUT2D eigenvalue weighted by Gasteiger charge is -2.46. The normalized spacial score (nSPS) is 25.1. The van der Waals surface area contributed by atoms with Gasteiger partial charge in [-0.2, -0.15) is 0 Å². The summed E-state index contributed by atoms with van der Waals surface area (Å²) in [6.07, 6.45) is 7.15. The molecule has 4 heterocycles. The van der Waals surface area contributed by atoms with Crippen LogP contribution in [0, 0.1) is 0 Å². The first kappa shape index (κ1) is 15.6. The molecule has 0 aromatic carbocycles. The predicted octanol–water partition coefficient (Wildman–Crippen LogP) is 2.81. The fourth-order valence-electron chi connectivity index (χ4n) is 4.50. The number of hydrogen-bond donors (Lipinski definition) is 0. The minimum Gasteiger partial charge on any atom is -0.352 e. The molecule has 1 saturated heterocycles. The van der Waals surface area contributed by atoms with Gasteiger partial charge in [-0.25, -0.2) is 9.37 Å². The van der Waals surface area contributed by atoms with Gasteiger partial charge in [0.1, 0.15) is 5.54 Å². The van der Waals surface area contributed by atoms with Gasteiger partial charge in [-0.3, -0.25) is 4.79 Å². The van der Waals surface area contributed by atoms with Crippen molar-refractivity contribution in [1.82, 2.24) is 14.5 Å². The van der Waals surface area contributed by atoms with E-state index in [-0.39, 0.29) is 11.4 Å². The summed E-state index contributed by atoms with van der Waals surface area (Å²) in [4.78, 5) is 21.2. The molecule has 1 atom stereocenters. The van der Waals surface area contributed by atoms with Crippen LogP contribution in [-0.4, -0.2) is 45.7 Å². The third-order valence-electron chi connectivity index (χ3n) is 5.95. The van der Waals surface area contributed by atoms with Crippen LogP contribution in [0.2, 0.25) is 0 Å². The van der Waals surface area contributed by atoms with Crippen LogP contribution in [0.15, 0.2) is 49.3 Å². The summed E-state index contributed by atoms with van der Waals surface area (Å²) < 4.78 is 16.5. The number of likely N-dealkylation sites (tertiary alicyclic amines) is 1. The maximum absolute atomic E-state index is 14.4. The molecule has 3 aliphatic rings. The van der Waals surface area contributed by atoms with Crippen molar-refractivity contribution in [2.45, 2.75) is 30.5 Å². The average Bonchev–Trinajstić information content (AvgIpc) is 3.08. The second-order valence-corrected chi connectivity index (χ2v) is 7.48. The predicted molar refractivity (Wildman–Crippen MR) is 97.1 cm³/mol. The number of anilines is 1. The highest BCUT2D eigenvalue weighted by Gasteiger charge is 2.57. The number of fused-ring (bicyclic) bond motifs is 4. The van der Waals surface area contributed by atoms with Crippen LogP contribution in [0.25, 0.3) is 5.82 Å². The summed E-state index contributed by atoms with van der Waals surface area (Å²) >= 11 is 0. The van der Waals surface area contributed by atoms with Crippen molar-refractivity contribution in [2.24, 2.45) is 0 Å². The molecule has 2 aromatic rings. The Morgan fingerprint density at radius 1 is 1.31 bits per heavy atom. The summed E-state index contributed by atoms with van der Waals surface area (Å²) in [5, 5.41) is 0. The van der Waals surface area contributed by atoms with Crippen LogP contribution in [0.1, 0.15) is 25.0 Å². The minimum absolute atomic E-state index is 0.344. The smallest absolute Gasteiger partial charge is 0.260 e. The molecule has 2 aromatic heterocycles. The Kier molecular flexibility index (Phi) is 3.12. The fourth-order valence-corrected chi connectivity index (χ4v) is 4.50. The lowest BCUT2D eigenvalue weighted by molar-refractivity contribution is -0.137. The zero-order chi connectivity index (χ0) is 17.9. The van der Waals surface area contributed by atoms with E-state index in [0.29, 0.717) is 32.5 Å². The number of amides is 1. The highest BCUT2D eigenvalue weighted by atomic mass is 19.1. The molecule has 6 heteroatoms. The summed E-state index contributed by atoms with van der Waals surface area (Å²) in [5.74, 6) is 0.539. The third-order valence-corrected chi connectivity index (χ3v) is 5.95. The summed E-state index contributed by atoms with van der Waals surface area (Å²) in [6, 6.07) is 8.08. The molecule has 134 valence electrons. The SMILES string of the molecule is C=CCN1c2cccnc2-n2cccc2[C@]12CCN(C(=O)C1(F)CC1)C2. The number of hydrogen-bond acceptors (Lipinski definition) is 3. The van der Waals surface area contributed by atoms with Gasteiger partial charge in [-0.05, 0) is 43.5 Å². The fraction of sp³-hybridized carbons (Fsp3) is 0.400. The summed E-state index contributed by atoms with van der Waals surface area (Å²) in [5.41, 5.74) is 0.121. The largest absolute Gasteiger partial charge is 0.352 e. The van der Waals surface area contributed by atoms with Gasteiger partial charge in [0.15, 0.2) is 11.5 Å².